The van der Waals surface area contributed by atoms with E-state index in [0.29, 0.717) is 13.0 Å². The fourth-order valence-corrected chi connectivity index (χ4v) is 2.04. The Kier molecular flexibility index (Phi) is 5.34. The van der Waals surface area contributed by atoms with Gasteiger partial charge in [0, 0.05) is 12.2 Å². The number of carbonyl (C=O) groups excluding carboxylic acids is 1. The van der Waals surface area contributed by atoms with Gasteiger partial charge in [-0.25, -0.2) is 4.79 Å². The fraction of sp³-hybridized carbons (Fsp3) is 0.333. The molecular weight excluding hydrogens is 268 g/mol. The van der Waals surface area contributed by atoms with Gasteiger partial charge >= 0.3 is 6.03 Å². The number of aliphatic hydroxyl groups is 1. The maximum atomic E-state index is 11.7. The molecule has 21 heavy (non-hydrogen) atoms. The van der Waals surface area contributed by atoms with Gasteiger partial charge in [-0.2, -0.15) is 5.10 Å². The van der Waals surface area contributed by atoms with E-state index in [4.69, 9.17) is 0 Å². The number of rotatable bonds is 6. The van der Waals surface area contributed by atoms with Gasteiger partial charge in [0.2, 0.25) is 0 Å². The maximum absolute atomic E-state index is 11.7. The van der Waals surface area contributed by atoms with Crippen LogP contribution in [0.1, 0.15) is 30.7 Å². The van der Waals surface area contributed by atoms with E-state index in [-0.39, 0.29) is 12.1 Å². The Labute approximate surface area is 123 Å². The van der Waals surface area contributed by atoms with Crippen LogP contribution in [0.2, 0.25) is 0 Å². The number of benzene rings is 1. The third kappa shape index (κ3) is 4.92. The number of hydrogen-bond acceptors (Lipinski definition) is 3. The van der Waals surface area contributed by atoms with Crippen LogP contribution in [-0.4, -0.2) is 27.4 Å². The monoisotopic (exact) mass is 288 g/mol. The third-order valence-electron chi connectivity index (χ3n) is 3.14. The van der Waals surface area contributed by atoms with E-state index in [0.717, 1.165) is 11.3 Å². The van der Waals surface area contributed by atoms with Gasteiger partial charge in [-0.05, 0) is 25.0 Å². The van der Waals surface area contributed by atoms with Crippen molar-refractivity contribution in [1.29, 1.82) is 0 Å². The molecule has 1 heterocycles. The second kappa shape index (κ2) is 7.44. The quantitative estimate of drug-likeness (QED) is 0.652. The van der Waals surface area contributed by atoms with E-state index in [1.807, 2.05) is 37.3 Å². The Balaban J connectivity index is 1.73. The predicted molar refractivity (Wildman–Crippen MR) is 79.4 cm³/mol. The highest BCUT2D eigenvalue weighted by atomic mass is 16.3. The smallest absolute Gasteiger partial charge is 0.315 e. The van der Waals surface area contributed by atoms with E-state index in [2.05, 4.69) is 20.8 Å². The number of carbonyl (C=O) groups is 1. The minimum atomic E-state index is -0.589. The molecule has 1 aromatic carbocycles. The second-order valence-corrected chi connectivity index (χ2v) is 4.97. The lowest BCUT2D eigenvalue weighted by Crippen LogP contribution is -2.41. The van der Waals surface area contributed by atoms with Crippen molar-refractivity contribution in [3.05, 3.63) is 53.9 Å². The molecule has 2 atom stereocenters. The molecule has 2 aromatic rings. The molecular formula is C15H20N4O2. The lowest BCUT2D eigenvalue weighted by Gasteiger charge is -2.18. The van der Waals surface area contributed by atoms with Gasteiger partial charge in [0.1, 0.15) is 0 Å². The summed E-state index contributed by atoms with van der Waals surface area (Å²) in [5.74, 6) is 0. The first kappa shape index (κ1) is 15.1. The summed E-state index contributed by atoms with van der Waals surface area (Å²) in [4.78, 5) is 11.7. The molecule has 2 rings (SSSR count). The number of amides is 2. The summed E-state index contributed by atoms with van der Waals surface area (Å²) in [5, 5.41) is 22.2. The summed E-state index contributed by atoms with van der Waals surface area (Å²) in [6.45, 7) is 2.25. The van der Waals surface area contributed by atoms with Crippen molar-refractivity contribution in [2.75, 3.05) is 0 Å². The first-order valence-corrected chi connectivity index (χ1v) is 6.91. The van der Waals surface area contributed by atoms with Crippen LogP contribution in [0.15, 0.2) is 42.6 Å². The number of hydrogen-bond donors (Lipinski definition) is 4. The topological polar surface area (TPSA) is 90.0 Å². The number of aliphatic hydroxyl groups excluding tert-OH is 1. The molecule has 0 saturated heterocycles. The summed E-state index contributed by atoms with van der Waals surface area (Å²) in [7, 11) is 0. The summed E-state index contributed by atoms with van der Waals surface area (Å²) in [5.41, 5.74) is 1.69. The Morgan fingerprint density at radius 2 is 2.10 bits per heavy atom. The lowest BCUT2D eigenvalue weighted by atomic mass is 10.0. The van der Waals surface area contributed by atoms with E-state index in [1.165, 1.54) is 0 Å². The third-order valence-corrected chi connectivity index (χ3v) is 3.14. The molecule has 0 spiro atoms. The number of aromatic amines is 1. The number of aromatic nitrogens is 2. The van der Waals surface area contributed by atoms with Crippen LogP contribution in [-0.2, 0) is 6.54 Å². The summed E-state index contributed by atoms with van der Waals surface area (Å²) in [6.07, 6.45) is 1.50. The van der Waals surface area contributed by atoms with Crippen LogP contribution >= 0.6 is 0 Å². The molecule has 0 fully saturated rings. The Morgan fingerprint density at radius 3 is 2.76 bits per heavy atom. The molecule has 2 amide bonds. The van der Waals surface area contributed by atoms with Crippen molar-refractivity contribution in [2.45, 2.75) is 32.0 Å². The maximum Gasteiger partial charge on any atom is 0.315 e. The van der Waals surface area contributed by atoms with Gasteiger partial charge in [-0.15, -0.1) is 0 Å². The molecule has 6 heteroatoms. The largest absolute Gasteiger partial charge is 0.388 e. The number of nitrogens with one attached hydrogen (secondary N) is 3. The van der Waals surface area contributed by atoms with E-state index in [1.54, 1.807) is 12.3 Å². The average molecular weight is 288 g/mol. The average Bonchev–Trinajstić information content (AvgIpc) is 2.99. The zero-order valence-corrected chi connectivity index (χ0v) is 11.9. The first-order valence-electron chi connectivity index (χ1n) is 6.91. The summed E-state index contributed by atoms with van der Waals surface area (Å²) < 4.78 is 0. The summed E-state index contributed by atoms with van der Waals surface area (Å²) >= 11 is 0. The SMILES string of the molecule is CC(CC(O)c1ccccc1)NC(=O)NCc1ccn[nH]1. The van der Waals surface area contributed by atoms with Gasteiger partial charge in [0.25, 0.3) is 0 Å². The van der Waals surface area contributed by atoms with E-state index < -0.39 is 6.10 Å². The van der Waals surface area contributed by atoms with E-state index in [9.17, 15) is 9.90 Å². The predicted octanol–water partition coefficient (Wildman–Crippen LogP) is 1.72. The number of H-pyrrole nitrogens is 1. The van der Waals surface area contributed by atoms with Crippen LogP contribution in [0.3, 0.4) is 0 Å². The summed E-state index contributed by atoms with van der Waals surface area (Å²) in [6, 6.07) is 10.8. The van der Waals surface area contributed by atoms with Gasteiger partial charge in [0.05, 0.1) is 18.3 Å². The van der Waals surface area contributed by atoms with Gasteiger partial charge < -0.3 is 15.7 Å². The van der Waals surface area contributed by atoms with Crippen LogP contribution in [0.5, 0.6) is 0 Å². The molecule has 0 aliphatic heterocycles. The fourth-order valence-electron chi connectivity index (χ4n) is 2.04. The molecule has 0 aliphatic carbocycles. The molecule has 6 nitrogen and oxygen atoms in total. The standard InChI is InChI=1S/C15H20N4O2/c1-11(9-14(20)12-5-3-2-4-6-12)18-15(21)16-10-13-7-8-17-19-13/h2-8,11,14,20H,9-10H2,1H3,(H,17,19)(H2,16,18,21). The van der Waals surface area contributed by atoms with Crippen LogP contribution in [0, 0.1) is 0 Å². The van der Waals surface area contributed by atoms with Crippen molar-refractivity contribution >= 4 is 6.03 Å². The molecule has 0 radical (unpaired) electrons. The van der Waals surface area contributed by atoms with Crippen LogP contribution in [0.4, 0.5) is 4.79 Å². The molecule has 0 saturated carbocycles. The van der Waals surface area contributed by atoms with Gasteiger partial charge in [-0.3, -0.25) is 5.10 Å². The Hall–Kier alpha value is -2.34. The highest BCUT2D eigenvalue weighted by molar-refractivity contribution is 5.74. The number of nitrogens with zero attached hydrogens (tertiary/aromatic N) is 1. The molecule has 0 aliphatic rings. The highest BCUT2D eigenvalue weighted by Crippen LogP contribution is 2.17. The van der Waals surface area contributed by atoms with Crippen molar-refractivity contribution < 1.29 is 9.90 Å². The lowest BCUT2D eigenvalue weighted by molar-refractivity contribution is 0.154. The minimum absolute atomic E-state index is 0.137. The van der Waals surface area contributed by atoms with Crippen LogP contribution < -0.4 is 10.6 Å². The van der Waals surface area contributed by atoms with Crippen LogP contribution in [0.25, 0.3) is 0 Å². The van der Waals surface area contributed by atoms with Crippen molar-refractivity contribution in [2.24, 2.45) is 0 Å². The highest BCUT2D eigenvalue weighted by Gasteiger charge is 2.14. The Bertz CT molecular complexity index is 542. The van der Waals surface area contributed by atoms with Gasteiger partial charge in [0.15, 0.2) is 0 Å². The first-order chi connectivity index (χ1) is 10.1. The molecule has 2 unspecified atom stereocenters. The second-order valence-electron chi connectivity index (χ2n) is 4.97. The normalized spacial score (nSPS) is 13.4. The minimum Gasteiger partial charge on any atom is -0.388 e. The van der Waals surface area contributed by atoms with Gasteiger partial charge in [-0.1, -0.05) is 30.3 Å². The zero-order chi connectivity index (χ0) is 15.1. The molecule has 4 N–H and O–H groups in total. The molecule has 0 bridgehead atoms. The van der Waals surface area contributed by atoms with E-state index >= 15 is 0 Å². The molecule has 112 valence electrons. The molecule has 1 aromatic heterocycles. The Morgan fingerprint density at radius 1 is 1.33 bits per heavy atom. The van der Waals surface area contributed by atoms with Crippen molar-refractivity contribution in [1.82, 2.24) is 20.8 Å². The zero-order valence-electron chi connectivity index (χ0n) is 11.9. The van der Waals surface area contributed by atoms with Crippen molar-refractivity contribution in [3.63, 3.8) is 0 Å². The van der Waals surface area contributed by atoms with Crippen molar-refractivity contribution in [3.8, 4) is 0 Å². The number of urea groups is 1.